The lowest BCUT2D eigenvalue weighted by Crippen LogP contribution is -2.39. The van der Waals surface area contributed by atoms with Gasteiger partial charge in [-0.25, -0.2) is 4.39 Å². The van der Waals surface area contributed by atoms with Gasteiger partial charge in [0.1, 0.15) is 5.82 Å². The van der Waals surface area contributed by atoms with Crippen LogP contribution in [0.3, 0.4) is 0 Å². The van der Waals surface area contributed by atoms with Crippen molar-refractivity contribution in [2.24, 2.45) is 10.7 Å². The third-order valence-electron chi connectivity index (χ3n) is 5.00. The van der Waals surface area contributed by atoms with Gasteiger partial charge in [0.2, 0.25) is 0 Å². The first-order valence-electron chi connectivity index (χ1n) is 9.09. The van der Waals surface area contributed by atoms with E-state index in [9.17, 15) is 4.39 Å². The third-order valence-corrected chi connectivity index (χ3v) is 5.00. The summed E-state index contributed by atoms with van der Waals surface area (Å²) in [5.41, 5.74) is 8.07. The average Bonchev–Trinajstić information content (AvgIpc) is 2.68. The lowest BCUT2D eigenvalue weighted by molar-refractivity contribution is 0.0530. The molecule has 0 amide bonds. The Morgan fingerprint density at radius 3 is 2.56 bits per heavy atom. The van der Waals surface area contributed by atoms with Crippen molar-refractivity contribution in [1.82, 2.24) is 5.32 Å². The molecule has 0 aromatic heterocycles. The van der Waals surface area contributed by atoms with Crippen LogP contribution in [0.5, 0.6) is 0 Å². The van der Waals surface area contributed by atoms with Crippen LogP contribution < -0.4 is 11.1 Å². The van der Waals surface area contributed by atoms with E-state index >= 15 is 0 Å². The van der Waals surface area contributed by atoms with Gasteiger partial charge < -0.3 is 15.8 Å². The second-order valence-electron chi connectivity index (χ2n) is 6.77. The molecule has 0 spiro atoms. The zero-order valence-corrected chi connectivity index (χ0v) is 17.7. The first-order valence-corrected chi connectivity index (χ1v) is 9.09. The van der Waals surface area contributed by atoms with Crippen molar-refractivity contribution in [2.45, 2.75) is 24.7 Å². The predicted octanol–water partition coefficient (Wildman–Crippen LogP) is 3.64. The second-order valence-corrected chi connectivity index (χ2v) is 6.77. The Bertz CT molecular complexity index is 733. The zero-order chi connectivity index (χ0) is 18.2. The summed E-state index contributed by atoms with van der Waals surface area (Å²) < 4.78 is 19.2. The monoisotopic (exact) mass is 483 g/mol. The molecule has 6 heteroatoms. The SMILES string of the molecule is I.NC(=NCC1(c2cccc(F)c2)CCOCC1)NCCc1ccccc1. The Kier molecular flexibility index (Phi) is 8.50. The van der Waals surface area contributed by atoms with Gasteiger partial charge in [0.25, 0.3) is 0 Å². The lowest BCUT2D eigenvalue weighted by atomic mass is 9.74. The highest BCUT2D eigenvalue weighted by Crippen LogP contribution is 2.35. The minimum atomic E-state index is -0.216. The molecule has 2 aromatic carbocycles. The van der Waals surface area contributed by atoms with Gasteiger partial charge in [0.05, 0.1) is 6.54 Å². The molecule has 1 heterocycles. The molecule has 4 nitrogen and oxygen atoms in total. The maximum atomic E-state index is 13.7. The van der Waals surface area contributed by atoms with Crippen molar-refractivity contribution < 1.29 is 9.13 Å². The van der Waals surface area contributed by atoms with Crippen LogP contribution in [0, 0.1) is 5.82 Å². The van der Waals surface area contributed by atoms with Crippen LogP contribution >= 0.6 is 24.0 Å². The van der Waals surface area contributed by atoms with Crippen LogP contribution in [0.2, 0.25) is 0 Å². The van der Waals surface area contributed by atoms with Crippen molar-refractivity contribution in [3.05, 3.63) is 71.5 Å². The number of benzene rings is 2. The minimum absolute atomic E-state index is 0. The number of rotatable bonds is 6. The molecule has 1 fully saturated rings. The van der Waals surface area contributed by atoms with E-state index < -0.39 is 0 Å². The molecule has 0 aliphatic carbocycles. The molecular weight excluding hydrogens is 456 g/mol. The first kappa shape index (κ1) is 21.6. The first-order chi connectivity index (χ1) is 12.7. The Balaban J connectivity index is 0.00000261. The van der Waals surface area contributed by atoms with Gasteiger partial charge in [-0.15, -0.1) is 24.0 Å². The van der Waals surface area contributed by atoms with Gasteiger partial charge in [-0.3, -0.25) is 4.99 Å². The fraction of sp³-hybridized carbons (Fsp3) is 0.381. The van der Waals surface area contributed by atoms with E-state index in [0.717, 1.165) is 31.4 Å². The van der Waals surface area contributed by atoms with Crippen LogP contribution in [-0.4, -0.2) is 32.3 Å². The summed E-state index contributed by atoms with van der Waals surface area (Å²) in [5.74, 6) is 0.217. The molecule has 0 saturated carbocycles. The molecule has 1 aliphatic rings. The number of halogens is 2. The number of hydrogen-bond acceptors (Lipinski definition) is 2. The molecule has 1 aliphatic heterocycles. The van der Waals surface area contributed by atoms with Gasteiger partial charge in [-0.1, -0.05) is 42.5 Å². The van der Waals surface area contributed by atoms with E-state index in [4.69, 9.17) is 10.5 Å². The fourth-order valence-electron chi connectivity index (χ4n) is 3.39. The van der Waals surface area contributed by atoms with Crippen molar-refractivity contribution in [3.8, 4) is 0 Å². The Morgan fingerprint density at radius 2 is 1.85 bits per heavy atom. The molecule has 3 N–H and O–H groups in total. The molecule has 0 unspecified atom stereocenters. The Morgan fingerprint density at radius 1 is 1.11 bits per heavy atom. The topological polar surface area (TPSA) is 59.6 Å². The van der Waals surface area contributed by atoms with Gasteiger partial charge in [0.15, 0.2) is 5.96 Å². The molecule has 27 heavy (non-hydrogen) atoms. The number of nitrogens with one attached hydrogen (secondary N) is 1. The molecule has 146 valence electrons. The highest BCUT2D eigenvalue weighted by molar-refractivity contribution is 14.0. The normalized spacial score (nSPS) is 16.4. The molecule has 0 radical (unpaired) electrons. The molecule has 0 atom stereocenters. The summed E-state index contributed by atoms with van der Waals surface area (Å²) in [6, 6.07) is 17.1. The fourth-order valence-corrected chi connectivity index (χ4v) is 3.39. The summed E-state index contributed by atoms with van der Waals surface area (Å²) in [7, 11) is 0. The summed E-state index contributed by atoms with van der Waals surface area (Å²) in [5, 5.41) is 3.17. The number of nitrogens with two attached hydrogens (primary N) is 1. The summed E-state index contributed by atoms with van der Waals surface area (Å²) in [4.78, 5) is 4.56. The Labute approximate surface area is 177 Å². The standard InChI is InChI=1S/C21H26FN3O.HI/c22-19-8-4-7-18(15-19)21(10-13-26-14-11-21)16-25-20(23)24-12-9-17-5-2-1-3-6-17;/h1-8,15H,9-14,16H2,(H3,23,24,25);1H. The van der Waals surface area contributed by atoms with Crippen LogP contribution in [0.4, 0.5) is 4.39 Å². The summed E-state index contributed by atoms with van der Waals surface area (Å²) in [6.07, 6.45) is 2.52. The molecule has 3 rings (SSSR count). The summed E-state index contributed by atoms with van der Waals surface area (Å²) in [6.45, 7) is 2.58. The van der Waals surface area contributed by atoms with Crippen molar-refractivity contribution >= 4 is 29.9 Å². The lowest BCUT2D eigenvalue weighted by Gasteiger charge is -2.36. The highest BCUT2D eigenvalue weighted by atomic mass is 127. The number of ether oxygens (including phenoxy) is 1. The molecule has 1 saturated heterocycles. The van der Waals surface area contributed by atoms with Gasteiger partial charge in [0, 0.05) is 25.2 Å². The minimum Gasteiger partial charge on any atom is -0.381 e. The van der Waals surface area contributed by atoms with E-state index in [1.165, 1.54) is 11.6 Å². The second kappa shape index (κ2) is 10.6. The predicted molar refractivity (Wildman–Crippen MR) is 118 cm³/mol. The smallest absolute Gasteiger partial charge is 0.188 e. The van der Waals surface area contributed by atoms with Crippen LogP contribution in [0.1, 0.15) is 24.0 Å². The number of aliphatic imine (C=N–C) groups is 1. The van der Waals surface area contributed by atoms with Crippen LogP contribution in [0.15, 0.2) is 59.6 Å². The van der Waals surface area contributed by atoms with Crippen LogP contribution in [0.25, 0.3) is 0 Å². The zero-order valence-electron chi connectivity index (χ0n) is 15.4. The van der Waals surface area contributed by atoms with E-state index in [1.54, 1.807) is 12.1 Å². The maximum Gasteiger partial charge on any atom is 0.188 e. The third kappa shape index (κ3) is 6.17. The van der Waals surface area contributed by atoms with E-state index in [0.29, 0.717) is 25.7 Å². The van der Waals surface area contributed by atoms with E-state index in [-0.39, 0.29) is 35.2 Å². The number of nitrogens with zero attached hydrogens (tertiary/aromatic N) is 1. The molecule has 2 aromatic rings. The van der Waals surface area contributed by atoms with Crippen molar-refractivity contribution in [2.75, 3.05) is 26.3 Å². The Hall–Kier alpha value is -1.67. The van der Waals surface area contributed by atoms with Gasteiger partial charge in [-0.05, 0) is 42.5 Å². The van der Waals surface area contributed by atoms with Gasteiger partial charge in [-0.2, -0.15) is 0 Å². The van der Waals surface area contributed by atoms with E-state index in [1.807, 2.05) is 24.3 Å². The van der Waals surface area contributed by atoms with Crippen molar-refractivity contribution in [3.63, 3.8) is 0 Å². The number of hydrogen-bond donors (Lipinski definition) is 2. The van der Waals surface area contributed by atoms with E-state index in [2.05, 4.69) is 22.4 Å². The maximum absolute atomic E-state index is 13.7. The summed E-state index contributed by atoms with van der Waals surface area (Å²) >= 11 is 0. The largest absolute Gasteiger partial charge is 0.381 e. The molecular formula is C21H27FIN3O. The molecule has 0 bridgehead atoms. The number of guanidine groups is 1. The van der Waals surface area contributed by atoms with Gasteiger partial charge >= 0.3 is 0 Å². The van der Waals surface area contributed by atoms with Crippen LogP contribution in [-0.2, 0) is 16.6 Å². The highest BCUT2D eigenvalue weighted by Gasteiger charge is 2.34. The quantitative estimate of drug-likeness (QED) is 0.375. The average molecular weight is 483 g/mol. The van der Waals surface area contributed by atoms with Crippen molar-refractivity contribution in [1.29, 1.82) is 0 Å².